The Kier molecular flexibility index (Phi) is 2.94. The van der Waals surface area contributed by atoms with E-state index in [2.05, 4.69) is 4.98 Å². The highest BCUT2D eigenvalue weighted by molar-refractivity contribution is 7.18. The fraction of sp³-hybridized carbons (Fsp3) is 0.0714. The van der Waals surface area contributed by atoms with Crippen molar-refractivity contribution < 1.29 is 9.13 Å². The van der Waals surface area contributed by atoms with E-state index in [4.69, 9.17) is 4.74 Å². The number of thiazole rings is 1. The number of aromatic nitrogens is 1. The second-order valence-corrected chi connectivity index (χ2v) is 4.94. The van der Waals surface area contributed by atoms with E-state index in [9.17, 15) is 4.39 Å². The van der Waals surface area contributed by atoms with Crippen molar-refractivity contribution in [3.8, 4) is 5.75 Å². The molecule has 3 aromatic rings. The Balaban J connectivity index is 1.76. The zero-order valence-corrected chi connectivity index (χ0v) is 10.3. The summed E-state index contributed by atoms with van der Waals surface area (Å²) in [6, 6.07) is 14.1. The van der Waals surface area contributed by atoms with Gasteiger partial charge in [0.1, 0.15) is 23.2 Å². The number of hydrogen-bond acceptors (Lipinski definition) is 3. The number of nitrogens with zero attached hydrogens (tertiary/aromatic N) is 1. The number of para-hydroxylation sites is 1. The van der Waals surface area contributed by atoms with Gasteiger partial charge in [0.2, 0.25) is 0 Å². The molecule has 0 atom stereocenters. The van der Waals surface area contributed by atoms with Crippen LogP contribution in [-0.4, -0.2) is 4.98 Å². The van der Waals surface area contributed by atoms with E-state index in [1.54, 1.807) is 23.5 Å². The summed E-state index contributed by atoms with van der Waals surface area (Å²) in [5, 5.41) is 0.889. The SMILES string of the molecule is Fc1cccc(OCc2nc3ccccc3s2)c1. The molecule has 0 amide bonds. The van der Waals surface area contributed by atoms with Gasteiger partial charge in [-0.15, -0.1) is 11.3 Å². The molecule has 0 aliphatic rings. The highest BCUT2D eigenvalue weighted by Crippen LogP contribution is 2.23. The summed E-state index contributed by atoms with van der Waals surface area (Å²) in [5.74, 6) is 0.228. The summed E-state index contributed by atoms with van der Waals surface area (Å²) < 4.78 is 19.6. The fourth-order valence-corrected chi connectivity index (χ4v) is 2.56. The highest BCUT2D eigenvalue weighted by Gasteiger charge is 2.04. The molecule has 0 saturated heterocycles. The maximum Gasteiger partial charge on any atom is 0.140 e. The molecule has 18 heavy (non-hydrogen) atoms. The molecule has 0 saturated carbocycles. The average molecular weight is 259 g/mol. The minimum absolute atomic E-state index is 0.295. The van der Waals surface area contributed by atoms with Gasteiger partial charge in [0, 0.05) is 6.07 Å². The van der Waals surface area contributed by atoms with Crippen LogP contribution in [-0.2, 0) is 6.61 Å². The number of fused-ring (bicyclic) bond motifs is 1. The first-order chi connectivity index (χ1) is 8.81. The van der Waals surface area contributed by atoms with Crippen LogP contribution in [0.2, 0.25) is 0 Å². The number of rotatable bonds is 3. The number of hydrogen-bond donors (Lipinski definition) is 0. The predicted octanol–water partition coefficient (Wildman–Crippen LogP) is 4.01. The minimum Gasteiger partial charge on any atom is -0.486 e. The first kappa shape index (κ1) is 11.2. The van der Waals surface area contributed by atoms with E-state index in [-0.39, 0.29) is 5.82 Å². The van der Waals surface area contributed by atoms with E-state index in [1.165, 1.54) is 12.1 Å². The molecule has 90 valence electrons. The Hall–Kier alpha value is -1.94. The van der Waals surface area contributed by atoms with Crippen molar-refractivity contribution in [2.45, 2.75) is 6.61 Å². The monoisotopic (exact) mass is 259 g/mol. The van der Waals surface area contributed by atoms with Gasteiger partial charge in [0.25, 0.3) is 0 Å². The molecule has 1 heterocycles. The molecule has 0 bridgehead atoms. The smallest absolute Gasteiger partial charge is 0.140 e. The lowest BCUT2D eigenvalue weighted by Crippen LogP contribution is -1.94. The zero-order valence-electron chi connectivity index (χ0n) is 9.47. The van der Waals surface area contributed by atoms with Crippen LogP contribution in [0.15, 0.2) is 48.5 Å². The molecular weight excluding hydrogens is 249 g/mol. The molecule has 0 aliphatic heterocycles. The lowest BCUT2D eigenvalue weighted by Gasteiger charge is -2.02. The van der Waals surface area contributed by atoms with E-state index >= 15 is 0 Å². The topological polar surface area (TPSA) is 22.1 Å². The van der Waals surface area contributed by atoms with Crippen molar-refractivity contribution in [2.24, 2.45) is 0 Å². The molecule has 0 aliphatic carbocycles. The van der Waals surface area contributed by atoms with E-state index < -0.39 is 0 Å². The van der Waals surface area contributed by atoms with Crippen molar-refractivity contribution >= 4 is 21.6 Å². The van der Waals surface area contributed by atoms with Gasteiger partial charge in [-0.05, 0) is 24.3 Å². The fourth-order valence-electron chi connectivity index (χ4n) is 1.68. The highest BCUT2D eigenvalue weighted by atomic mass is 32.1. The number of ether oxygens (including phenoxy) is 1. The maximum absolute atomic E-state index is 13.0. The second kappa shape index (κ2) is 4.74. The number of benzene rings is 2. The van der Waals surface area contributed by atoms with E-state index in [0.717, 1.165) is 15.2 Å². The lowest BCUT2D eigenvalue weighted by atomic mass is 10.3. The van der Waals surface area contributed by atoms with Gasteiger partial charge in [-0.2, -0.15) is 0 Å². The Bertz CT molecular complexity index is 647. The third-order valence-electron chi connectivity index (χ3n) is 2.50. The van der Waals surface area contributed by atoms with Gasteiger partial charge in [-0.1, -0.05) is 18.2 Å². The van der Waals surface area contributed by atoms with Crippen LogP contribution in [0.25, 0.3) is 10.2 Å². The summed E-state index contributed by atoms with van der Waals surface area (Å²) in [6.45, 7) is 0.364. The van der Waals surface area contributed by atoms with Gasteiger partial charge in [-0.3, -0.25) is 0 Å². The van der Waals surface area contributed by atoms with Crippen LogP contribution in [0.3, 0.4) is 0 Å². The van der Waals surface area contributed by atoms with Crippen molar-refractivity contribution in [1.29, 1.82) is 0 Å². The minimum atomic E-state index is -0.295. The summed E-state index contributed by atoms with van der Waals surface area (Å²) >= 11 is 1.59. The summed E-state index contributed by atoms with van der Waals surface area (Å²) in [7, 11) is 0. The van der Waals surface area contributed by atoms with Crippen LogP contribution in [0.4, 0.5) is 4.39 Å². The third-order valence-corrected chi connectivity index (χ3v) is 3.51. The van der Waals surface area contributed by atoms with Gasteiger partial charge in [0.05, 0.1) is 10.2 Å². The van der Waals surface area contributed by atoms with Crippen LogP contribution < -0.4 is 4.74 Å². The molecule has 0 spiro atoms. The molecular formula is C14H10FNOS. The van der Waals surface area contributed by atoms with E-state index in [0.29, 0.717) is 12.4 Å². The molecule has 0 fully saturated rings. The summed E-state index contributed by atoms with van der Waals surface area (Å²) in [5.41, 5.74) is 0.973. The van der Waals surface area contributed by atoms with Crippen LogP contribution in [0.5, 0.6) is 5.75 Å². The molecule has 0 unspecified atom stereocenters. The first-order valence-corrected chi connectivity index (χ1v) is 6.36. The second-order valence-electron chi connectivity index (χ2n) is 3.82. The molecule has 4 heteroatoms. The Morgan fingerprint density at radius 2 is 2.00 bits per heavy atom. The normalized spacial score (nSPS) is 10.7. The van der Waals surface area contributed by atoms with Crippen LogP contribution in [0, 0.1) is 5.82 Å². The Morgan fingerprint density at radius 1 is 1.11 bits per heavy atom. The largest absolute Gasteiger partial charge is 0.486 e. The quantitative estimate of drug-likeness (QED) is 0.709. The van der Waals surface area contributed by atoms with Crippen molar-refractivity contribution in [1.82, 2.24) is 4.98 Å². The molecule has 3 rings (SSSR count). The molecule has 2 aromatic carbocycles. The van der Waals surface area contributed by atoms with Crippen molar-refractivity contribution in [3.63, 3.8) is 0 Å². The van der Waals surface area contributed by atoms with Gasteiger partial charge >= 0.3 is 0 Å². The first-order valence-electron chi connectivity index (χ1n) is 5.54. The standard InChI is InChI=1S/C14H10FNOS/c15-10-4-3-5-11(8-10)17-9-14-16-12-6-1-2-7-13(12)18-14/h1-8H,9H2. The molecule has 0 radical (unpaired) electrons. The van der Waals surface area contributed by atoms with Crippen LogP contribution in [0.1, 0.15) is 5.01 Å². The average Bonchev–Trinajstić information content (AvgIpc) is 2.79. The van der Waals surface area contributed by atoms with Crippen molar-refractivity contribution in [2.75, 3.05) is 0 Å². The van der Waals surface area contributed by atoms with Crippen LogP contribution >= 0.6 is 11.3 Å². The maximum atomic E-state index is 13.0. The van der Waals surface area contributed by atoms with Gasteiger partial charge in [0.15, 0.2) is 0 Å². The van der Waals surface area contributed by atoms with Gasteiger partial charge < -0.3 is 4.74 Å². The zero-order chi connectivity index (χ0) is 12.4. The summed E-state index contributed by atoms with van der Waals surface area (Å²) in [6.07, 6.45) is 0. The van der Waals surface area contributed by atoms with Gasteiger partial charge in [-0.25, -0.2) is 9.37 Å². The molecule has 1 aromatic heterocycles. The summed E-state index contributed by atoms with van der Waals surface area (Å²) in [4.78, 5) is 4.45. The van der Waals surface area contributed by atoms with Crippen molar-refractivity contribution in [3.05, 3.63) is 59.4 Å². The lowest BCUT2D eigenvalue weighted by molar-refractivity contribution is 0.304. The Morgan fingerprint density at radius 3 is 2.83 bits per heavy atom. The Labute approximate surface area is 108 Å². The molecule has 0 N–H and O–H groups in total. The number of halogens is 1. The predicted molar refractivity (Wildman–Crippen MR) is 70.4 cm³/mol. The molecule has 2 nitrogen and oxygen atoms in total. The van der Waals surface area contributed by atoms with E-state index in [1.807, 2.05) is 24.3 Å². The third kappa shape index (κ3) is 2.33.